The first-order chi connectivity index (χ1) is 7.66. The maximum Gasteiger partial charge on any atom is 0.220 e. The monoisotopic (exact) mass is 217 g/mol. The van der Waals surface area contributed by atoms with E-state index < -0.39 is 0 Å². The summed E-state index contributed by atoms with van der Waals surface area (Å²) in [6.45, 7) is 4.39. The zero-order chi connectivity index (χ0) is 11.5. The van der Waals surface area contributed by atoms with Gasteiger partial charge in [-0.05, 0) is 23.8 Å². The summed E-state index contributed by atoms with van der Waals surface area (Å²) in [7, 11) is 0. The Labute approximate surface area is 97.1 Å². The predicted octanol–water partition coefficient (Wildman–Crippen LogP) is 2.39. The SMILES string of the molecule is CC(C)C1CC(=O)NC1Cc1ccccc1. The fourth-order valence-electron chi connectivity index (χ4n) is 2.50. The number of amides is 1. The van der Waals surface area contributed by atoms with Crippen molar-refractivity contribution in [3.05, 3.63) is 35.9 Å². The third-order valence-corrected chi connectivity index (χ3v) is 3.44. The highest BCUT2D eigenvalue weighted by Gasteiger charge is 2.33. The lowest BCUT2D eigenvalue weighted by Gasteiger charge is -2.22. The second-order valence-corrected chi connectivity index (χ2v) is 4.98. The topological polar surface area (TPSA) is 29.1 Å². The summed E-state index contributed by atoms with van der Waals surface area (Å²) in [5, 5.41) is 3.09. The Morgan fingerprint density at radius 2 is 2.00 bits per heavy atom. The van der Waals surface area contributed by atoms with Crippen LogP contribution in [-0.4, -0.2) is 11.9 Å². The minimum absolute atomic E-state index is 0.208. The minimum atomic E-state index is 0.208. The van der Waals surface area contributed by atoms with E-state index in [1.165, 1.54) is 5.56 Å². The third-order valence-electron chi connectivity index (χ3n) is 3.44. The van der Waals surface area contributed by atoms with Crippen molar-refractivity contribution in [3.8, 4) is 0 Å². The highest BCUT2D eigenvalue weighted by atomic mass is 16.2. The molecule has 0 radical (unpaired) electrons. The number of hydrogen-bond acceptors (Lipinski definition) is 1. The molecule has 1 heterocycles. The van der Waals surface area contributed by atoms with Gasteiger partial charge in [-0.15, -0.1) is 0 Å². The van der Waals surface area contributed by atoms with Gasteiger partial charge in [-0.2, -0.15) is 0 Å². The molecular formula is C14H19NO. The highest BCUT2D eigenvalue weighted by Crippen LogP contribution is 2.26. The average Bonchev–Trinajstić information content (AvgIpc) is 2.61. The molecule has 1 aromatic rings. The van der Waals surface area contributed by atoms with Crippen LogP contribution in [0.4, 0.5) is 0 Å². The molecule has 2 nitrogen and oxygen atoms in total. The summed E-state index contributed by atoms with van der Waals surface area (Å²) < 4.78 is 0. The summed E-state index contributed by atoms with van der Waals surface area (Å²) in [4.78, 5) is 11.4. The first-order valence-corrected chi connectivity index (χ1v) is 6.00. The van der Waals surface area contributed by atoms with E-state index in [0.29, 0.717) is 24.3 Å². The molecule has 1 aliphatic heterocycles. The molecule has 2 unspecified atom stereocenters. The van der Waals surface area contributed by atoms with Crippen LogP contribution < -0.4 is 5.32 Å². The van der Waals surface area contributed by atoms with Crippen LogP contribution in [0.5, 0.6) is 0 Å². The van der Waals surface area contributed by atoms with E-state index in [4.69, 9.17) is 0 Å². The van der Waals surface area contributed by atoms with Crippen LogP contribution in [0.3, 0.4) is 0 Å². The van der Waals surface area contributed by atoms with Gasteiger partial charge in [0.2, 0.25) is 5.91 Å². The summed E-state index contributed by atoms with van der Waals surface area (Å²) in [6, 6.07) is 10.7. The van der Waals surface area contributed by atoms with Crippen molar-refractivity contribution in [2.24, 2.45) is 11.8 Å². The smallest absolute Gasteiger partial charge is 0.220 e. The first-order valence-electron chi connectivity index (χ1n) is 6.00. The predicted molar refractivity (Wildman–Crippen MR) is 65.0 cm³/mol. The number of hydrogen-bond donors (Lipinski definition) is 1. The molecule has 86 valence electrons. The normalized spacial score (nSPS) is 24.8. The maximum absolute atomic E-state index is 11.4. The fraction of sp³-hybridized carbons (Fsp3) is 0.500. The average molecular weight is 217 g/mol. The molecule has 16 heavy (non-hydrogen) atoms. The maximum atomic E-state index is 11.4. The Morgan fingerprint density at radius 1 is 1.31 bits per heavy atom. The second-order valence-electron chi connectivity index (χ2n) is 4.98. The van der Waals surface area contributed by atoms with E-state index in [-0.39, 0.29) is 5.91 Å². The van der Waals surface area contributed by atoms with Gasteiger partial charge < -0.3 is 5.32 Å². The van der Waals surface area contributed by atoms with Gasteiger partial charge in [0, 0.05) is 12.5 Å². The number of benzene rings is 1. The molecule has 1 N–H and O–H groups in total. The van der Waals surface area contributed by atoms with Gasteiger partial charge in [0.1, 0.15) is 0 Å². The van der Waals surface area contributed by atoms with Crippen molar-refractivity contribution < 1.29 is 4.79 Å². The van der Waals surface area contributed by atoms with Crippen LogP contribution in [0.1, 0.15) is 25.8 Å². The van der Waals surface area contributed by atoms with Crippen LogP contribution in [0.25, 0.3) is 0 Å². The Balaban J connectivity index is 2.06. The van der Waals surface area contributed by atoms with E-state index in [2.05, 4.69) is 43.4 Å². The van der Waals surface area contributed by atoms with Gasteiger partial charge in [0.15, 0.2) is 0 Å². The third kappa shape index (κ3) is 2.43. The molecule has 2 heteroatoms. The molecule has 1 amide bonds. The van der Waals surface area contributed by atoms with Gasteiger partial charge in [-0.3, -0.25) is 4.79 Å². The van der Waals surface area contributed by atoms with Crippen molar-refractivity contribution >= 4 is 5.91 Å². The lowest BCUT2D eigenvalue weighted by Crippen LogP contribution is -2.33. The second kappa shape index (κ2) is 4.69. The van der Waals surface area contributed by atoms with Gasteiger partial charge in [0.25, 0.3) is 0 Å². The lowest BCUT2D eigenvalue weighted by molar-refractivity contribution is -0.119. The first kappa shape index (κ1) is 11.2. The molecule has 0 aromatic heterocycles. The van der Waals surface area contributed by atoms with Crippen LogP contribution >= 0.6 is 0 Å². The van der Waals surface area contributed by atoms with E-state index in [0.717, 1.165) is 6.42 Å². The van der Waals surface area contributed by atoms with Crippen molar-refractivity contribution in [3.63, 3.8) is 0 Å². The van der Waals surface area contributed by atoms with Crippen LogP contribution in [-0.2, 0) is 11.2 Å². The molecule has 0 spiro atoms. The van der Waals surface area contributed by atoms with E-state index in [1.807, 2.05) is 6.07 Å². The standard InChI is InChI=1S/C14H19NO/c1-10(2)12-9-14(16)15-13(12)8-11-6-4-3-5-7-11/h3-7,10,12-13H,8-9H2,1-2H3,(H,15,16). The Hall–Kier alpha value is -1.31. The van der Waals surface area contributed by atoms with Gasteiger partial charge in [-0.1, -0.05) is 44.2 Å². The quantitative estimate of drug-likeness (QED) is 0.827. The zero-order valence-corrected chi connectivity index (χ0v) is 9.94. The van der Waals surface area contributed by atoms with Crippen LogP contribution in [0, 0.1) is 11.8 Å². The fourth-order valence-corrected chi connectivity index (χ4v) is 2.50. The molecule has 2 rings (SSSR count). The molecule has 0 saturated carbocycles. The van der Waals surface area contributed by atoms with E-state index in [1.54, 1.807) is 0 Å². The molecule has 1 aromatic carbocycles. The van der Waals surface area contributed by atoms with Gasteiger partial charge in [-0.25, -0.2) is 0 Å². The Bertz CT molecular complexity index is 358. The molecule has 1 saturated heterocycles. The summed E-state index contributed by atoms with van der Waals surface area (Å²) in [5.41, 5.74) is 1.31. The minimum Gasteiger partial charge on any atom is -0.353 e. The molecular weight excluding hydrogens is 198 g/mol. The Morgan fingerprint density at radius 3 is 2.62 bits per heavy atom. The largest absolute Gasteiger partial charge is 0.353 e. The van der Waals surface area contributed by atoms with E-state index in [9.17, 15) is 4.79 Å². The zero-order valence-electron chi connectivity index (χ0n) is 9.94. The highest BCUT2D eigenvalue weighted by molar-refractivity contribution is 5.79. The van der Waals surface area contributed by atoms with E-state index >= 15 is 0 Å². The van der Waals surface area contributed by atoms with Crippen molar-refractivity contribution in [2.75, 3.05) is 0 Å². The number of nitrogens with one attached hydrogen (secondary N) is 1. The molecule has 1 fully saturated rings. The molecule has 2 atom stereocenters. The molecule has 0 bridgehead atoms. The molecule has 0 aliphatic carbocycles. The number of carbonyl (C=O) groups excluding carboxylic acids is 1. The number of carbonyl (C=O) groups is 1. The van der Waals surface area contributed by atoms with Crippen molar-refractivity contribution in [2.45, 2.75) is 32.7 Å². The van der Waals surface area contributed by atoms with Crippen molar-refractivity contribution in [1.82, 2.24) is 5.32 Å². The summed E-state index contributed by atoms with van der Waals surface area (Å²) >= 11 is 0. The van der Waals surface area contributed by atoms with Gasteiger partial charge >= 0.3 is 0 Å². The lowest BCUT2D eigenvalue weighted by atomic mass is 9.86. The summed E-state index contributed by atoms with van der Waals surface area (Å²) in [6.07, 6.45) is 1.64. The van der Waals surface area contributed by atoms with Gasteiger partial charge in [0.05, 0.1) is 0 Å². The molecule has 1 aliphatic rings. The van der Waals surface area contributed by atoms with Crippen LogP contribution in [0.2, 0.25) is 0 Å². The van der Waals surface area contributed by atoms with Crippen LogP contribution in [0.15, 0.2) is 30.3 Å². The Kier molecular flexibility index (Phi) is 3.28. The number of rotatable bonds is 3. The van der Waals surface area contributed by atoms with Crippen molar-refractivity contribution in [1.29, 1.82) is 0 Å². The summed E-state index contributed by atoms with van der Waals surface area (Å²) in [5.74, 6) is 1.25.